The van der Waals surface area contributed by atoms with Gasteiger partial charge in [-0.2, -0.15) is 0 Å². The molecule has 1 fully saturated rings. The Morgan fingerprint density at radius 2 is 1.85 bits per heavy atom. The van der Waals surface area contributed by atoms with Crippen molar-refractivity contribution in [3.8, 4) is 0 Å². The van der Waals surface area contributed by atoms with Crippen molar-refractivity contribution in [2.75, 3.05) is 13.2 Å². The summed E-state index contributed by atoms with van der Waals surface area (Å²) in [6.07, 6.45) is 6.42. The number of benzene rings is 1. The number of hydrogen-bond donors (Lipinski definition) is 3. The van der Waals surface area contributed by atoms with Gasteiger partial charge in [-0.05, 0) is 31.2 Å². The highest BCUT2D eigenvalue weighted by molar-refractivity contribution is 5.20. The van der Waals surface area contributed by atoms with Gasteiger partial charge in [0.15, 0.2) is 0 Å². The highest BCUT2D eigenvalue weighted by atomic mass is 16.3. The molecule has 0 amide bonds. The molecule has 2 unspecified atom stereocenters. The second kappa shape index (κ2) is 7.21. The van der Waals surface area contributed by atoms with E-state index in [1.54, 1.807) is 6.92 Å². The lowest BCUT2D eigenvalue weighted by atomic mass is 9.81. The number of hydrogen-bond acceptors (Lipinski definition) is 3. The minimum Gasteiger partial charge on any atom is -0.393 e. The van der Waals surface area contributed by atoms with E-state index in [-0.39, 0.29) is 12.6 Å². The summed E-state index contributed by atoms with van der Waals surface area (Å²) in [7, 11) is 0. The third-order valence-electron chi connectivity index (χ3n) is 4.32. The first-order valence-corrected chi connectivity index (χ1v) is 7.74. The van der Waals surface area contributed by atoms with Gasteiger partial charge >= 0.3 is 0 Å². The van der Waals surface area contributed by atoms with Gasteiger partial charge in [0, 0.05) is 12.6 Å². The molecule has 0 aliphatic heterocycles. The van der Waals surface area contributed by atoms with Crippen LogP contribution in [0.3, 0.4) is 0 Å². The van der Waals surface area contributed by atoms with Crippen molar-refractivity contribution in [3.63, 3.8) is 0 Å². The maximum atomic E-state index is 10.0. The fraction of sp³-hybridized carbons (Fsp3) is 0.647. The Labute approximate surface area is 122 Å². The predicted molar refractivity (Wildman–Crippen MR) is 81.5 cm³/mol. The molecule has 0 bridgehead atoms. The summed E-state index contributed by atoms with van der Waals surface area (Å²) in [4.78, 5) is 0. The van der Waals surface area contributed by atoms with Gasteiger partial charge in [-0.25, -0.2) is 0 Å². The van der Waals surface area contributed by atoms with Crippen molar-refractivity contribution < 1.29 is 10.2 Å². The van der Waals surface area contributed by atoms with Crippen molar-refractivity contribution in [2.24, 2.45) is 5.92 Å². The Bertz CT molecular complexity index is 385. The van der Waals surface area contributed by atoms with Crippen LogP contribution >= 0.6 is 0 Å². The average Bonchev–Trinajstić information content (AvgIpc) is 2.49. The summed E-state index contributed by atoms with van der Waals surface area (Å²) in [5.74, 6) is 0.626. The van der Waals surface area contributed by atoms with Crippen molar-refractivity contribution in [1.82, 2.24) is 5.32 Å². The van der Waals surface area contributed by atoms with Crippen molar-refractivity contribution >= 4 is 0 Å². The molecule has 0 spiro atoms. The normalized spacial score (nSPS) is 21.4. The van der Waals surface area contributed by atoms with Crippen LogP contribution in [-0.2, 0) is 0 Å². The molecule has 3 N–H and O–H groups in total. The first kappa shape index (κ1) is 15.5. The molecule has 0 heterocycles. The van der Waals surface area contributed by atoms with Gasteiger partial charge in [0.1, 0.15) is 0 Å². The highest BCUT2D eigenvalue weighted by Gasteiger charge is 2.27. The predicted octanol–water partition coefficient (Wildman–Crippen LogP) is 2.64. The summed E-state index contributed by atoms with van der Waals surface area (Å²) in [6.45, 7) is 1.87. The summed E-state index contributed by atoms with van der Waals surface area (Å²) >= 11 is 0. The van der Waals surface area contributed by atoms with Crippen LogP contribution < -0.4 is 5.32 Å². The van der Waals surface area contributed by atoms with Gasteiger partial charge in [-0.3, -0.25) is 0 Å². The van der Waals surface area contributed by atoms with Gasteiger partial charge in [0.2, 0.25) is 0 Å². The van der Waals surface area contributed by atoms with E-state index in [9.17, 15) is 10.2 Å². The molecular weight excluding hydrogens is 250 g/mol. The van der Waals surface area contributed by atoms with E-state index in [4.69, 9.17) is 0 Å². The molecule has 3 heteroatoms. The molecule has 112 valence electrons. The molecule has 1 aromatic carbocycles. The van der Waals surface area contributed by atoms with Crippen LogP contribution in [0.5, 0.6) is 0 Å². The standard InChI is InChI=1S/C17H27NO2/c1-17(20,13-19)12-18-16(14-8-4-2-5-9-14)15-10-6-3-7-11-15/h2,4-5,8-9,15-16,18-20H,3,6-7,10-13H2,1H3. The lowest BCUT2D eigenvalue weighted by Gasteiger charge is -2.33. The minimum absolute atomic E-state index is 0.216. The van der Waals surface area contributed by atoms with Crippen molar-refractivity contribution in [2.45, 2.75) is 50.7 Å². The van der Waals surface area contributed by atoms with Crippen molar-refractivity contribution in [3.05, 3.63) is 35.9 Å². The Morgan fingerprint density at radius 1 is 1.20 bits per heavy atom. The van der Waals surface area contributed by atoms with E-state index in [2.05, 4.69) is 29.6 Å². The average molecular weight is 277 g/mol. The number of nitrogens with one attached hydrogen (secondary N) is 1. The third kappa shape index (κ3) is 4.30. The Morgan fingerprint density at radius 3 is 2.45 bits per heavy atom. The molecule has 1 aromatic rings. The number of aliphatic hydroxyl groups is 2. The molecule has 3 nitrogen and oxygen atoms in total. The topological polar surface area (TPSA) is 52.5 Å². The monoisotopic (exact) mass is 277 g/mol. The molecule has 1 aliphatic rings. The van der Waals surface area contributed by atoms with E-state index in [1.807, 2.05) is 6.07 Å². The fourth-order valence-electron chi connectivity index (χ4n) is 3.07. The van der Waals surface area contributed by atoms with E-state index in [0.29, 0.717) is 12.5 Å². The zero-order valence-corrected chi connectivity index (χ0v) is 12.4. The van der Waals surface area contributed by atoms with Gasteiger partial charge in [0.25, 0.3) is 0 Å². The van der Waals surface area contributed by atoms with Gasteiger partial charge in [-0.1, -0.05) is 49.6 Å². The van der Waals surface area contributed by atoms with Crippen LogP contribution in [-0.4, -0.2) is 29.0 Å². The van der Waals surface area contributed by atoms with E-state index >= 15 is 0 Å². The summed E-state index contributed by atoms with van der Waals surface area (Å²) in [6, 6.07) is 10.7. The minimum atomic E-state index is -1.05. The maximum Gasteiger partial charge on any atom is 0.0973 e. The first-order valence-electron chi connectivity index (χ1n) is 7.74. The summed E-state index contributed by atoms with van der Waals surface area (Å²) in [5, 5.41) is 22.7. The number of aliphatic hydroxyl groups excluding tert-OH is 1. The second-order valence-electron chi connectivity index (χ2n) is 6.32. The molecule has 1 aliphatic carbocycles. The first-order chi connectivity index (χ1) is 9.62. The Balaban J connectivity index is 2.07. The fourth-order valence-corrected chi connectivity index (χ4v) is 3.07. The zero-order valence-electron chi connectivity index (χ0n) is 12.4. The van der Waals surface area contributed by atoms with E-state index in [0.717, 1.165) is 0 Å². The van der Waals surface area contributed by atoms with Crippen LogP contribution in [0.2, 0.25) is 0 Å². The lowest BCUT2D eigenvalue weighted by molar-refractivity contribution is -0.00137. The highest BCUT2D eigenvalue weighted by Crippen LogP contribution is 2.34. The smallest absolute Gasteiger partial charge is 0.0973 e. The molecule has 0 radical (unpaired) electrons. The SMILES string of the molecule is CC(O)(CO)CNC(c1ccccc1)C1CCCCC1. The van der Waals surface area contributed by atoms with Gasteiger partial charge in [0.05, 0.1) is 12.2 Å². The van der Waals surface area contributed by atoms with Gasteiger partial charge in [-0.15, -0.1) is 0 Å². The molecule has 20 heavy (non-hydrogen) atoms. The second-order valence-corrected chi connectivity index (χ2v) is 6.32. The van der Waals surface area contributed by atoms with Gasteiger partial charge < -0.3 is 15.5 Å². The van der Waals surface area contributed by atoms with Crippen LogP contribution in [0, 0.1) is 5.92 Å². The molecule has 0 saturated heterocycles. The molecule has 0 aromatic heterocycles. The van der Waals surface area contributed by atoms with Crippen molar-refractivity contribution in [1.29, 1.82) is 0 Å². The van der Waals surface area contributed by atoms with E-state index in [1.165, 1.54) is 37.7 Å². The molecule has 2 rings (SSSR count). The molecular formula is C17H27NO2. The van der Waals surface area contributed by atoms with E-state index < -0.39 is 5.60 Å². The summed E-state index contributed by atoms with van der Waals surface area (Å²) < 4.78 is 0. The zero-order chi connectivity index (χ0) is 14.4. The van der Waals surface area contributed by atoms with Crippen LogP contribution in [0.4, 0.5) is 0 Å². The van der Waals surface area contributed by atoms with Crippen LogP contribution in [0.25, 0.3) is 0 Å². The maximum absolute atomic E-state index is 10.0. The molecule has 2 atom stereocenters. The molecule has 1 saturated carbocycles. The summed E-state index contributed by atoms with van der Waals surface area (Å²) in [5.41, 5.74) is 0.231. The Kier molecular flexibility index (Phi) is 5.58. The third-order valence-corrected chi connectivity index (χ3v) is 4.32. The largest absolute Gasteiger partial charge is 0.393 e. The Hall–Kier alpha value is -0.900. The van der Waals surface area contributed by atoms with Crippen LogP contribution in [0.1, 0.15) is 50.6 Å². The lowest BCUT2D eigenvalue weighted by Crippen LogP contribution is -2.44. The quantitative estimate of drug-likeness (QED) is 0.749. The number of rotatable bonds is 6. The van der Waals surface area contributed by atoms with Crippen LogP contribution in [0.15, 0.2) is 30.3 Å².